The minimum atomic E-state index is 0.272. The molecule has 2 fully saturated rings. The number of rotatable bonds is 6. The van der Waals surface area contributed by atoms with E-state index in [1.54, 1.807) is 0 Å². The van der Waals surface area contributed by atoms with E-state index in [1.807, 2.05) is 0 Å². The molecule has 3 nitrogen and oxygen atoms in total. The Morgan fingerprint density at radius 2 is 2.14 bits per heavy atom. The third-order valence-electron chi connectivity index (χ3n) is 4.86. The monoisotopic (exact) mass is 288 g/mol. The molecular formula is C18H28N2O. The molecule has 1 aliphatic heterocycles. The van der Waals surface area contributed by atoms with Crippen LogP contribution >= 0.6 is 0 Å². The predicted molar refractivity (Wildman–Crippen MR) is 88.1 cm³/mol. The van der Waals surface area contributed by atoms with Gasteiger partial charge in [-0.2, -0.15) is 0 Å². The van der Waals surface area contributed by atoms with Crippen molar-refractivity contribution in [3.05, 3.63) is 29.3 Å². The molecule has 3 heteroatoms. The number of anilines is 1. The summed E-state index contributed by atoms with van der Waals surface area (Å²) in [6, 6.07) is 7.50. The van der Waals surface area contributed by atoms with Crippen molar-refractivity contribution in [1.82, 2.24) is 5.32 Å². The average molecular weight is 288 g/mol. The van der Waals surface area contributed by atoms with Crippen LogP contribution in [-0.4, -0.2) is 39.4 Å². The second-order valence-corrected chi connectivity index (χ2v) is 7.10. The Morgan fingerprint density at radius 3 is 2.76 bits per heavy atom. The number of ether oxygens (including phenoxy) is 1. The van der Waals surface area contributed by atoms with E-state index in [0.29, 0.717) is 0 Å². The Hall–Kier alpha value is -1.06. The largest absolute Gasteiger partial charge is 0.381 e. The highest BCUT2D eigenvalue weighted by atomic mass is 16.5. The lowest BCUT2D eigenvalue weighted by Gasteiger charge is -2.34. The van der Waals surface area contributed by atoms with E-state index >= 15 is 0 Å². The number of hydrogen-bond acceptors (Lipinski definition) is 3. The molecule has 1 N–H and O–H groups in total. The smallest absolute Gasteiger partial charge is 0.0552 e. The fraction of sp³-hybridized carbons (Fsp3) is 0.667. The van der Waals surface area contributed by atoms with Crippen molar-refractivity contribution in [2.45, 2.75) is 39.2 Å². The molecule has 0 aromatic heterocycles. The van der Waals surface area contributed by atoms with Crippen LogP contribution in [0.5, 0.6) is 0 Å². The van der Waals surface area contributed by atoms with E-state index in [9.17, 15) is 0 Å². The van der Waals surface area contributed by atoms with Gasteiger partial charge in [0.15, 0.2) is 0 Å². The number of aryl methyl sites for hydroxylation is 2. The Kier molecular flexibility index (Phi) is 4.23. The maximum atomic E-state index is 5.73. The lowest BCUT2D eigenvalue weighted by atomic mass is 9.86. The Morgan fingerprint density at radius 1 is 1.33 bits per heavy atom. The molecule has 1 saturated carbocycles. The number of nitrogens with one attached hydrogen (secondary N) is 1. The van der Waals surface area contributed by atoms with Crippen molar-refractivity contribution in [3.63, 3.8) is 0 Å². The highest BCUT2D eigenvalue weighted by molar-refractivity contribution is 5.54. The van der Waals surface area contributed by atoms with Crippen molar-refractivity contribution in [1.29, 1.82) is 0 Å². The summed E-state index contributed by atoms with van der Waals surface area (Å²) >= 11 is 0. The molecule has 1 aromatic rings. The van der Waals surface area contributed by atoms with Crippen molar-refractivity contribution in [2.24, 2.45) is 5.41 Å². The van der Waals surface area contributed by atoms with Gasteiger partial charge in [0.25, 0.3) is 0 Å². The normalized spacial score (nSPS) is 25.3. The van der Waals surface area contributed by atoms with E-state index in [1.165, 1.54) is 36.1 Å². The first-order chi connectivity index (χ1) is 10.1. The van der Waals surface area contributed by atoms with E-state index < -0.39 is 0 Å². The van der Waals surface area contributed by atoms with Gasteiger partial charge in [0, 0.05) is 43.9 Å². The highest BCUT2D eigenvalue weighted by Gasteiger charge is 2.37. The summed E-state index contributed by atoms with van der Waals surface area (Å²) in [7, 11) is 2.22. The van der Waals surface area contributed by atoms with Gasteiger partial charge >= 0.3 is 0 Å². The topological polar surface area (TPSA) is 24.5 Å². The van der Waals surface area contributed by atoms with Gasteiger partial charge in [0.05, 0.1) is 6.61 Å². The Balaban J connectivity index is 1.69. The minimum absolute atomic E-state index is 0.272. The van der Waals surface area contributed by atoms with E-state index in [0.717, 1.165) is 32.3 Å². The van der Waals surface area contributed by atoms with Gasteiger partial charge in [-0.15, -0.1) is 0 Å². The molecule has 0 bridgehead atoms. The number of nitrogens with zero attached hydrogens (tertiary/aromatic N) is 1. The number of hydrogen-bond donors (Lipinski definition) is 1. The van der Waals surface area contributed by atoms with Crippen molar-refractivity contribution in [2.75, 3.05) is 38.3 Å². The minimum Gasteiger partial charge on any atom is -0.381 e. The van der Waals surface area contributed by atoms with Crippen molar-refractivity contribution in [3.8, 4) is 0 Å². The quantitative estimate of drug-likeness (QED) is 0.871. The van der Waals surface area contributed by atoms with E-state index in [4.69, 9.17) is 4.74 Å². The van der Waals surface area contributed by atoms with Gasteiger partial charge in [0.2, 0.25) is 0 Å². The van der Waals surface area contributed by atoms with Gasteiger partial charge in [-0.3, -0.25) is 0 Å². The second kappa shape index (κ2) is 5.98. The first-order valence-corrected chi connectivity index (χ1v) is 8.18. The molecule has 3 rings (SSSR count). The van der Waals surface area contributed by atoms with Crippen LogP contribution in [0.1, 0.15) is 30.4 Å². The van der Waals surface area contributed by atoms with Gasteiger partial charge in [-0.25, -0.2) is 0 Å². The lowest BCUT2D eigenvalue weighted by molar-refractivity contribution is 0.152. The third-order valence-corrected chi connectivity index (χ3v) is 4.86. The lowest BCUT2D eigenvalue weighted by Crippen LogP contribution is -2.44. The van der Waals surface area contributed by atoms with Crippen LogP contribution < -0.4 is 10.2 Å². The van der Waals surface area contributed by atoms with Gasteiger partial charge in [-0.1, -0.05) is 17.7 Å². The van der Waals surface area contributed by atoms with Crippen LogP contribution in [-0.2, 0) is 4.74 Å². The molecule has 1 aromatic carbocycles. The Labute approximate surface area is 128 Å². The summed E-state index contributed by atoms with van der Waals surface area (Å²) in [5.41, 5.74) is 4.31. The predicted octanol–water partition coefficient (Wildman–Crippen LogP) is 2.90. The average Bonchev–Trinajstić information content (AvgIpc) is 3.16. The fourth-order valence-electron chi connectivity index (χ4n) is 3.44. The van der Waals surface area contributed by atoms with Crippen molar-refractivity contribution < 1.29 is 4.74 Å². The molecule has 1 heterocycles. The molecule has 21 heavy (non-hydrogen) atoms. The van der Waals surface area contributed by atoms with Gasteiger partial charge in [0.1, 0.15) is 0 Å². The number of benzene rings is 1. The van der Waals surface area contributed by atoms with Crippen LogP contribution in [0, 0.1) is 19.3 Å². The molecule has 1 unspecified atom stereocenters. The summed E-state index contributed by atoms with van der Waals surface area (Å²) in [4.78, 5) is 2.41. The molecule has 116 valence electrons. The molecule has 0 spiro atoms. The Bertz CT molecular complexity index is 490. The zero-order valence-corrected chi connectivity index (χ0v) is 13.6. The SMILES string of the molecule is Cc1ccc(N(C)CC2(CNC3CC3)CCOC2)c(C)c1. The maximum Gasteiger partial charge on any atom is 0.0552 e. The summed E-state index contributed by atoms with van der Waals surface area (Å²) in [6.45, 7) is 8.32. The van der Waals surface area contributed by atoms with Crippen LogP contribution in [0.3, 0.4) is 0 Å². The highest BCUT2D eigenvalue weighted by Crippen LogP contribution is 2.32. The summed E-state index contributed by atoms with van der Waals surface area (Å²) in [6.07, 6.45) is 3.87. The maximum absolute atomic E-state index is 5.73. The molecule has 0 radical (unpaired) electrons. The van der Waals surface area contributed by atoms with Crippen LogP contribution in [0.15, 0.2) is 18.2 Å². The molecule has 1 aliphatic carbocycles. The van der Waals surface area contributed by atoms with Gasteiger partial charge in [-0.05, 0) is 44.7 Å². The second-order valence-electron chi connectivity index (χ2n) is 7.10. The van der Waals surface area contributed by atoms with Gasteiger partial charge < -0.3 is 15.0 Å². The van der Waals surface area contributed by atoms with Crippen LogP contribution in [0.4, 0.5) is 5.69 Å². The van der Waals surface area contributed by atoms with Crippen LogP contribution in [0.25, 0.3) is 0 Å². The molecule has 0 amide bonds. The summed E-state index contributed by atoms with van der Waals surface area (Å²) in [5, 5.41) is 3.71. The van der Waals surface area contributed by atoms with Crippen LogP contribution in [0.2, 0.25) is 0 Å². The first kappa shape index (κ1) is 14.9. The molecule has 1 saturated heterocycles. The summed E-state index contributed by atoms with van der Waals surface area (Å²) in [5.74, 6) is 0. The zero-order valence-electron chi connectivity index (χ0n) is 13.6. The first-order valence-electron chi connectivity index (χ1n) is 8.18. The molecule has 1 atom stereocenters. The molecular weight excluding hydrogens is 260 g/mol. The standard InChI is InChI=1S/C18H28N2O/c1-14-4-7-17(15(2)10-14)20(3)12-18(8-9-21-13-18)11-19-16-5-6-16/h4,7,10,16,19H,5-6,8-9,11-13H2,1-3H3. The van der Waals surface area contributed by atoms with E-state index in [2.05, 4.69) is 49.3 Å². The molecule has 2 aliphatic rings. The zero-order chi connectivity index (χ0) is 14.9. The van der Waals surface area contributed by atoms with Crippen molar-refractivity contribution >= 4 is 5.69 Å². The van der Waals surface area contributed by atoms with E-state index in [-0.39, 0.29) is 5.41 Å². The third kappa shape index (κ3) is 3.58. The fourth-order valence-corrected chi connectivity index (χ4v) is 3.44. The summed E-state index contributed by atoms with van der Waals surface area (Å²) < 4.78 is 5.73.